The molecule has 2 N–H and O–H groups in total. The molecular weight excluding hydrogens is 553 g/mol. The number of nitrogens with zero attached hydrogens (tertiary/aromatic N) is 2. The van der Waals surface area contributed by atoms with Crippen molar-refractivity contribution in [3.8, 4) is 0 Å². The zero-order valence-electron chi connectivity index (χ0n) is 24.9. The Balaban J connectivity index is 1.42. The molecule has 1 aliphatic heterocycles. The molecule has 2 fully saturated rings. The van der Waals surface area contributed by atoms with Crippen LogP contribution in [0.1, 0.15) is 75.3 Å². The predicted molar refractivity (Wildman–Crippen MR) is 171 cm³/mol. The second-order valence-corrected chi connectivity index (χ2v) is 14.2. The Labute approximate surface area is 253 Å². The molecule has 1 saturated carbocycles. The van der Waals surface area contributed by atoms with Gasteiger partial charge in [0.05, 0.1) is 21.1 Å². The average molecular weight is 599 g/mol. The number of carbonyl (C=O) groups is 3. The van der Waals surface area contributed by atoms with Crippen LogP contribution in [0.2, 0.25) is 0 Å². The third-order valence-electron chi connectivity index (χ3n) is 8.52. The van der Waals surface area contributed by atoms with Crippen molar-refractivity contribution in [2.24, 2.45) is 11.8 Å². The highest BCUT2D eigenvalue weighted by Crippen LogP contribution is 2.31. The largest absolute Gasteiger partial charge is 0.359 e. The van der Waals surface area contributed by atoms with E-state index in [1.807, 2.05) is 17.8 Å². The van der Waals surface area contributed by atoms with Gasteiger partial charge in [-0.3, -0.25) is 19.3 Å². The molecule has 2 amide bonds. The smallest absolute Gasteiger partial charge is 0.224 e. The van der Waals surface area contributed by atoms with Gasteiger partial charge in [0.25, 0.3) is 0 Å². The Kier molecular flexibility index (Phi) is 11.8. The highest BCUT2D eigenvalue weighted by molar-refractivity contribution is 7.99. The molecule has 7 nitrogen and oxygen atoms in total. The van der Waals surface area contributed by atoms with Crippen molar-refractivity contribution in [3.05, 3.63) is 40.9 Å². The number of aromatic nitrogens is 1. The molecule has 1 saturated heterocycles. The fraction of sp³-hybridized carbons (Fsp3) is 0.625. The van der Waals surface area contributed by atoms with Crippen LogP contribution in [-0.2, 0) is 20.8 Å². The second-order valence-electron chi connectivity index (χ2n) is 11.9. The minimum absolute atomic E-state index is 0.0794. The van der Waals surface area contributed by atoms with Gasteiger partial charge in [-0.1, -0.05) is 39.3 Å². The molecule has 0 unspecified atom stereocenters. The number of Topliss-reactive ketones (excluding diaryl/α,β-unsaturated/α-hetero) is 1. The van der Waals surface area contributed by atoms with Gasteiger partial charge in [-0.15, -0.1) is 11.3 Å². The van der Waals surface area contributed by atoms with Gasteiger partial charge in [-0.25, -0.2) is 4.98 Å². The molecular formula is C32H46N4O3S2. The molecule has 9 heteroatoms. The number of hydrogen-bond donors (Lipinski definition) is 2. The summed E-state index contributed by atoms with van der Waals surface area (Å²) in [4.78, 5) is 46.3. The van der Waals surface area contributed by atoms with Gasteiger partial charge in [-0.2, -0.15) is 11.8 Å². The van der Waals surface area contributed by atoms with Gasteiger partial charge in [-0.05, 0) is 48.8 Å². The summed E-state index contributed by atoms with van der Waals surface area (Å²) in [7, 11) is 1.60. The lowest BCUT2D eigenvalue weighted by Gasteiger charge is -2.28. The Morgan fingerprint density at radius 2 is 1.88 bits per heavy atom. The van der Waals surface area contributed by atoms with Crippen LogP contribution in [0.4, 0.5) is 0 Å². The summed E-state index contributed by atoms with van der Waals surface area (Å²) in [5.74, 6) is 2.28. The third kappa shape index (κ3) is 9.13. The van der Waals surface area contributed by atoms with Crippen LogP contribution in [0.3, 0.4) is 0 Å². The van der Waals surface area contributed by atoms with E-state index in [4.69, 9.17) is 4.98 Å². The summed E-state index contributed by atoms with van der Waals surface area (Å²) in [5, 5.41) is 6.85. The second kappa shape index (κ2) is 15.3. The first-order chi connectivity index (χ1) is 19.7. The lowest BCUT2D eigenvalue weighted by atomic mass is 9.91. The highest BCUT2D eigenvalue weighted by Gasteiger charge is 2.31. The molecule has 4 rings (SSSR count). The molecule has 1 aromatic heterocycles. The first-order valence-corrected chi connectivity index (χ1v) is 17.1. The summed E-state index contributed by atoms with van der Waals surface area (Å²) < 4.78 is 1.11. The topological polar surface area (TPSA) is 91.4 Å². The van der Waals surface area contributed by atoms with Gasteiger partial charge in [0.1, 0.15) is 0 Å². The van der Waals surface area contributed by atoms with Crippen molar-refractivity contribution in [1.82, 2.24) is 20.5 Å². The Morgan fingerprint density at radius 3 is 2.56 bits per heavy atom. The Morgan fingerprint density at radius 1 is 1.15 bits per heavy atom. The van der Waals surface area contributed by atoms with Gasteiger partial charge < -0.3 is 10.6 Å². The number of thioether (sulfide) groups is 1. The van der Waals surface area contributed by atoms with Crippen molar-refractivity contribution < 1.29 is 14.4 Å². The maximum absolute atomic E-state index is 13.7. The van der Waals surface area contributed by atoms with Gasteiger partial charge >= 0.3 is 0 Å². The van der Waals surface area contributed by atoms with Crippen LogP contribution in [0.15, 0.2) is 30.4 Å². The van der Waals surface area contributed by atoms with E-state index in [-0.39, 0.29) is 30.1 Å². The minimum atomic E-state index is -0.522. The van der Waals surface area contributed by atoms with Crippen molar-refractivity contribution >= 4 is 50.9 Å². The Hall–Kier alpha value is -2.23. The lowest BCUT2D eigenvalue weighted by molar-refractivity contribution is -0.131. The monoisotopic (exact) mass is 598 g/mol. The normalized spacial score (nSPS) is 18.0. The van der Waals surface area contributed by atoms with Gasteiger partial charge in [0, 0.05) is 69.1 Å². The van der Waals surface area contributed by atoms with E-state index in [1.54, 1.807) is 18.4 Å². The number of hydrogen-bond acceptors (Lipinski definition) is 7. The molecule has 0 radical (unpaired) electrons. The zero-order chi connectivity index (χ0) is 29.4. The van der Waals surface area contributed by atoms with E-state index in [0.717, 1.165) is 65.5 Å². The van der Waals surface area contributed by atoms with E-state index in [1.165, 1.54) is 5.56 Å². The number of fused-ring (bicyclic) bond motifs is 1. The number of carbonyl (C=O) groups excluding carboxylic acids is 3. The van der Waals surface area contributed by atoms with Gasteiger partial charge in [0.15, 0.2) is 5.78 Å². The number of thiazole rings is 1. The molecule has 1 aromatic carbocycles. The third-order valence-corrected chi connectivity index (χ3v) is 10.5. The maximum atomic E-state index is 13.7. The maximum Gasteiger partial charge on any atom is 0.224 e. The summed E-state index contributed by atoms with van der Waals surface area (Å²) in [5.41, 5.74) is 2.86. The van der Waals surface area contributed by atoms with E-state index in [9.17, 15) is 14.4 Å². The first kappa shape index (κ1) is 31.7. The quantitative estimate of drug-likeness (QED) is 0.285. The van der Waals surface area contributed by atoms with E-state index in [0.29, 0.717) is 43.2 Å². The summed E-state index contributed by atoms with van der Waals surface area (Å²) in [6.45, 7) is 11.1. The molecule has 2 atom stereocenters. The van der Waals surface area contributed by atoms with E-state index < -0.39 is 5.92 Å². The minimum Gasteiger partial charge on any atom is -0.359 e. The number of benzene rings is 1. The van der Waals surface area contributed by atoms with Crippen molar-refractivity contribution in [2.75, 3.05) is 38.2 Å². The molecule has 0 spiro atoms. The fourth-order valence-electron chi connectivity index (χ4n) is 5.90. The lowest BCUT2D eigenvalue weighted by Crippen LogP contribution is -2.44. The summed E-state index contributed by atoms with van der Waals surface area (Å²) >= 11 is 3.56. The zero-order valence-corrected chi connectivity index (χ0v) is 26.5. The molecule has 1 aliphatic carbocycles. The molecule has 2 aromatic rings. The van der Waals surface area contributed by atoms with Crippen molar-refractivity contribution in [2.45, 2.75) is 77.2 Å². The van der Waals surface area contributed by atoms with Crippen LogP contribution in [-0.4, -0.2) is 71.7 Å². The summed E-state index contributed by atoms with van der Waals surface area (Å²) in [6, 6.07) is 6.26. The van der Waals surface area contributed by atoms with E-state index >= 15 is 0 Å². The number of nitrogens with one attached hydrogen (secondary N) is 2. The highest BCUT2D eigenvalue weighted by atomic mass is 32.2. The predicted octanol–water partition coefficient (Wildman–Crippen LogP) is 5.34. The molecule has 224 valence electrons. The molecule has 2 aliphatic rings. The summed E-state index contributed by atoms with van der Waals surface area (Å²) in [6.07, 6.45) is 5.93. The first-order valence-electron chi connectivity index (χ1n) is 15.1. The molecule has 2 heterocycles. The molecule has 41 heavy (non-hydrogen) atoms. The fourth-order valence-corrected chi connectivity index (χ4v) is 7.97. The standard InChI is InChI=1S/C32H46N4O3S2/c1-21(2)24-9-10-27-29(17-24)41-31(34-27)19-25(18-30(38)33-4)32(39)35-26(23-7-5-6-8-23)11-12-28(37)22(3)20-36-13-15-40-16-14-36/h9-10,17,21,23,25-26H,3,5-8,11-16,18-20H2,1-2,4H3,(H,33,38)(H,35,39)/t25-,26+/m0/s1. The SMILES string of the molecule is C=C(CN1CCSCC1)C(=O)CC[C@@H](NC(=O)[C@@H](CC(=O)NC)Cc1nc2ccc(C(C)C)cc2s1)C1CCCC1. The number of rotatable bonds is 14. The Bertz CT molecular complexity index is 1210. The van der Waals surface area contributed by atoms with E-state index in [2.05, 4.69) is 48.1 Å². The van der Waals surface area contributed by atoms with Crippen LogP contribution in [0, 0.1) is 11.8 Å². The van der Waals surface area contributed by atoms with Crippen molar-refractivity contribution in [3.63, 3.8) is 0 Å². The van der Waals surface area contributed by atoms with Crippen LogP contribution >= 0.6 is 23.1 Å². The molecule has 0 bridgehead atoms. The van der Waals surface area contributed by atoms with Crippen LogP contribution in [0.25, 0.3) is 10.2 Å². The van der Waals surface area contributed by atoms with Crippen LogP contribution in [0.5, 0.6) is 0 Å². The van der Waals surface area contributed by atoms with Gasteiger partial charge in [0.2, 0.25) is 11.8 Å². The average Bonchev–Trinajstić information content (AvgIpc) is 3.64. The number of amides is 2. The van der Waals surface area contributed by atoms with Crippen molar-refractivity contribution in [1.29, 1.82) is 0 Å². The number of ketones is 1. The van der Waals surface area contributed by atoms with Crippen LogP contribution < -0.4 is 10.6 Å².